The number of hydrogen-bond donors (Lipinski definition) is 0. The first-order chi connectivity index (χ1) is 3.39. The van der Waals surface area contributed by atoms with Gasteiger partial charge in [0, 0.05) is 0 Å². The molecule has 1 heterocycles. The fraction of sp³-hybridized carbons (Fsp3) is 0. The average Bonchev–Trinajstić information content (AvgIpc) is 1.69. The summed E-state index contributed by atoms with van der Waals surface area (Å²) in [6.07, 6.45) is 1.83. The van der Waals surface area contributed by atoms with Gasteiger partial charge in [-0.15, -0.1) is 0 Å². The van der Waals surface area contributed by atoms with Crippen molar-refractivity contribution >= 4 is 3.25 Å². The third-order valence-electron chi connectivity index (χ3n) is 0.726. The van der Waals surface area contributed by atoms with Crippen LogP contribution in [-0.4, -0.2) is 4.98 Å². The minimum Gasteiger partial charge on any atom is -1.00 e. The van der Waals surface area contributed by atoms with E-state index in [9.17, 15) is 0 Å². The Bertz CT molecular complexity index is 145. The summed E-state index contributed by atoms with van der Waals surface area (Å²) in [6.45, 7) is 0. The Morgan fingerprint density at radius 1 is 1.22 bits per heavy atom. The molecule has 0 aliphatic rings. The number of pyridine rings is 1. The number of aromatic nitrogens is 1. The van der Waals surface area contributed by atoms with Crippen molar-refractivity contribution in [3.05, 3.63) is 24.4 Å². The van der Waals surface area contributed by atoms with E-state index >= 15 is 0 Å². The Balaban J connectivity index is 0. The van der Waals surface area contributed by atoms with Crippen molar-refractivity contribution in [2.75, 3.05) is 0 Å². The van der Waals surface area contributed by atoms with Gasteiger partial charge >= 0.3 is 58.4 Å². The normalized spacial score (nSPS) is 6.89. The van der Waals surface area contributed by atoms with Gasteiger partial charge in [0.15, 0.2) is 0 Å². The maximum absolute atomic E-state index is 4.05. The summed E-state index contributed by atoms with van der Waals surface area (Å²) >= 11 is 0.859. The predicted molar refractivity (Wildman–Crippen MR) is 23.9 cm³/mol. The molecule has 0 fully saturated rings. The van der Waals surface area contributed by atoms with Gasteiger partial charge in [0.25, 0.3) is 0 Å². The molecule has 0 saturated carbocycles. The zero-order valence-corrected chi connectivity index (χ0v) is 10.3. The van der Waals surface area contributed by atoms with Crippen LogP contribution < -0.4 is 28.1 Å². The third kappa shape index (κ3) is 5.11. The Hall–Kier alpha value is 0.652. The first-order valence-electron chi connectivity index (χ1n) is 2.12. The second-order valence-electron chi connectivity index (χ2n) is 1.32. The van der Waals surface area contributed by atoms with Gasteiger partial charge in [-0.25, -0.2) is 0 Å². The van der Waals surface area contributed by atoms with E-state index in [0.717, 1.165) is 25.8 Å². The van der Waals surface area contributed by atoms with Crippen molar-refractivity contribution in [2.45, 2.75) is 0 Å². The maximum atomic E-state index is 4.05. The molecule has 0 N–H and O–H groups in total. The van der Waals surface area contributed by atoms with E-state index in [4.69, 9.17) is 0 Å². The summed E-state index contributed by atoms with van der Waals surface area (Å²) in [5.41, 5.74) is 0. The predicted octanol–water partition coefficient (Wildman–Crippen LogP) is -5.74. The van der Waals surface area contributed by atoms with Gasteiger partial charge in [0.1, 0.15) is 0 Å². The van der Waals surface area contributed by atoms with Gasteiger partial charge < -0.3 is 24.8 Å². The third-order valence-corrected chi connectivity index (χ3v) is 1.92. The summed E-state index contributed by atoms with van der Waals surface area (Å²) < 4.78 is 1.24. The molecule has 1 aromatic rings. The smallest absolute Gasteiger partial charge is 1.00 e. The molecule has 0 radical (unpaired) electrons. The molecule has 1 nitrogen and oxygen atoms in total. The minimum absolute atomic E-state index is 0. The molecule has 0 aliphatic carbocycles. The summed E-state index contributed by atoms with van der Waals surface area (Å²) in [6, 6.07) is 6.00. The van der Waals surface area contributed by atoms with Gasteiger partial charge in [-0.3, -0.25) is 0 Å². The fourth-order valence-electron chi connectivity index (χ4n) is 0.398. The fourth-order valence-corrected chi connectivity index (χ4v) is 1.09. The summed E-state index contributed by atoms with van der Waals surface area (Å²) in [5.74, 6) is 0. The summed E-state index contributed by atoms with van der Waals surface area (Å²) in [5, 5.41) is 0. The van der Waals surface area contributed by atoms with Crippen molar-refractivity contribution in [3.63, 3.8) is 0 Å². The number of hydrogen-bond acceptors (Lipinski definition) is 1. The largest absolute Gasteiger partial charge is 1.00 e. The van der Waals surface area contributed by atoms with E-state index < -0.39 is 0 Å². The van der Waals surface area contributed by atoms with Crippen LogP contribution in [0.2, 0.25) is 0 Å². The van der Waals surface area contributed by atoms with Crippen LogP contribution in [0.5, 0.6) is 0 Å². The van der Waals surface area contributed by atoms with E-state index in [1.807, 2.05) is 24.4 Å². The average molecular weight is 261 g/mol. The van der Waals surface area contributed by atoms with Crippen LogP contribution in [0.15, 0.2) is 24.4 Å². The molecule has 0 amide bonds. The van der Waals surface area contributed by atoms with Gasteiger partial charge in [-0.1, -0.05) is 0 Å². The molecule has 0 spiro atoms. The van der Waals surface area contributed by atoms with E-state index in [2.05, 4.69) is 4.98 Å². The van der Waals surface area contributed by atoms with Crippen molar-refractivity contribution in [3.8, 4) is 0 Å². The molecule has 0 aromatic carbocycles. The summed E-state index contributed by atoms with van der Waals surface area (Å²) in [4.78, 5) is 4.05. The van der Waals surface area contributed by atoms with Crippen LogP contribution in [0.25, 0.3) is 0 Å². The van der Waals surface area contributed by atoms with Gasteiger partial charge in [-0.2, -0.15) is 0 Å². The number of nitrogens with zero attached hydrogens (tertiary/aromatic N) is 1. The van der Waals surface area contributed by atoms with Crippen LogP contribution in [0.1, 0.15) is 0 Å². The molecule has 0 saturated heterocycles. The molecule has 1 rings (SSSR count). The molecule has 0 atom stereocenters. The second kappa shape index (κ2) is 6.77. The summed E-state index contributed by atoms with van der Waals surface area (Å²) in [7, 11) is 0. The van der Waals surface area contributed by atoms with E-state index in [-0.39, 0.29) is 24.8 Å². The van der Waals surface area contributed by atoms with Gasteiger partial charge in [-0.05, 0) is 0 Å². The molecule has 1 aromatic heterocycles. The Morgan fingerprint density at radius 2 is 1.89 bits per heavy atom. The topological polar surface area (TPSA) is 12.9 Å². The zero-order valence-electron chi connectivity index (χ0n) is 4.72. The molecule has 9 heavy (non-hydrogen) atoms. The quantitative estimate of drug-likeness (QED) is 0.424. The van der Waals surface area contributed by atoms with Crippen LogP contribution in [0, 0.1) is 0 Å². The molecule has 4 heteroatoms. The van der Waals surface area contributed by atoms with Crippen molar-refractivity contribution in [1.82, 2.24) is 4.98 Å². The molecule has 0 bridgehead atoms. The van der Waals surface area contributed by atoms with Crippen molar-refractivity contribution in [2.24, 2.45) is 0 Å². The van der Waals surface area contributed by atoms with Gasteiger partial charge in [0.05, 0.1) is 0 Å². The first-order valence-corrected chi connectivity index (χ1v) is 4.14. The monoisotopic (exact) mass is 262 g/mol. The molecule has 0 unspecified atom stereocenters. The second-order valence-corrected chi connectivity index (χ2v) is 3.39. The SMILES string of the molecule is [Cd+2][c]1ccccn1.[Cl-].[Cl-]. The molecule has 0 aliphatic heterocycles. The van der Waals surface area contributed by atoms with Crippen molar-refractivity contribution < 1.29 is 50.6 Å². The van der Waals surface area contributed by atoms with Gasteiger partial charge in [0.2, 0.25) is 0 Å². The van der Waals surface area contributed by atoms with Crippen LogP contribution >= 0.6 is 0 Å². The molecule has 45 valence electrons. The first kappa shape index (κ1) is 12.3. The van der Waals surface area contributed by atoms with Crippen molar-refractivity contribution in [1.29, 1.82) is 0 Å². The molecular formula is C5H4CdCl2N. The Labute approximate surface area is 82.8 Å². The van der Waals surface area contributed by atoms with Crippen LogP contribution in [0.4, 0.5) is 0 Å². The zero-order chi connectivity index (χ0) is 5.11. The maximum Gasteiger partial charge on any atom is -1.00 e. The van der Waals surface area contributed by atoms with E-state index in [1.54, 1.807) is 0 Å². The Kier molecular flexibility index (Phi) is 9.28. The van der Waals surface area contributed by atoms with E-state index in [1.165, 1.54) is 3.25 Å². The molecular weight excluding hydrogens is 257 g/mol. The number of halogens is 2. The Morgan fingerprint density at radius 3 is 2.11 bits per heavy atom. The van der Waals surface area contributed by atoms with E-state index in [0.29, 0.717) is 0 Å². The number of rotatable bonds is 0. The van der Waals surface area contributed by atoms with Crippen LogP contribution in [0.3, 0.4) is 0 Å². The minimum atomic E-state index is 0. The van der Waals surface area contributed by atoms with Crippen LogP contribution in [-0.2, 0) is 25.8 Å². The standard InChI is InChI=1S/C5H4N.Cd.2ClH/c1-2-4-6-5-3-1;;;/h1-4H;;2*1H/q;+2;;/p-2.